The average Bonchev–Trinajstić information content (AvgIpc) is 2.49. The summed E-state index contributed by atoms with van der Waals surface area (Å²) < 4.78 is 8.04. The first-order valence-electron chi connectivity index (χ1n) is 7.02. The molecule has 0 aliphatic carbocycles. The molecule has 0 heterocycles. The SMILES string of the molecule is CCNCc1cc(Br)c(OC(C)c2ccccc2)c(Br)c1. The fraction of sp³-hybridized carbons (Fsp3) is 0.294. The van der Waals surface area contributed by atoms with E-state index < -0.39 is 0 Å². The van der Waals surface area contributed by atoms with Crippen molar-refractivity contribution >= 4 is 31.9 Å². The summed E-state index contributed by atoms with van der Waals surface area (Å²) in [5.74, 6) is 0.839. The van der Waals surface area contributed by atoms with Gasteiger partial charge in [-0.1, -0.05) is 37.3 Å². The van der Waals surface area contributed by atoms with Crippen LogP contribution < -0.4 is 10.1 Å². The molecule has 0 spiro atoms. The van der Waals surface area contributed by atoms with E-state index in [0.29, 0.717) is 0 Å². The molecular formula is C17H19Br2NO. The van der Waals surface area contributed by atoms with Gasteiger partial charge >= 0.3 is 0 Å². The maximum Gasteiger partial charge on any atom is 0.148 e. The maximum absolute atomic E-state index is 6.11. The van der Waals surface area contributed by atoms with Gasteiger partial charge in [0.2, 0.25) is 0 Å². The number of rotatable bonds is 6. The van der Waals surface area contributed by atoms with Crippen molar-refractivity contribution in [2.24, 2.45) is 0 Å². The zero-order valence-electron chi connectivity index (χ0n) is 12.2. The molecule has 0 aliphatic heterocycles. The minimum Gasteiger partial charge on any atom is -0.484 e. The Balaban J connectivity index is 2.16. The summed E-state index contributed by atoms with van der Waals surface area (Å²) in [4.78, 5) is 0. The van der Waals surface area contributed by atoms with Crippen molar-refractivity contribution in [3.63, 3.8) is 0 Å². The molecule has 21 heavy (non-hydrogen) atoms. The first kappa shape index (κ1) is 16.5. The van der Waals surface area contributed by atoms with Crippen LogP contribution in [0.1, 0.15) is 31.1 Å². The van der Waals surface area contributed by atoms with Gasteiger partial charge in [-0.25, -0.2) is 0 Å². The topological polar surface area (TPSA) is 21.3 Å². The number of nitrogens with one attached hydrogen (secondary N) is 1. The largest absolute Gasteiger partial charge is 0.484 e. The first-order chi connectivity index (χ1) is 10.1. The van der Waals surface area contributed by atoms with E-state index in [-0.39, 0.29) is 6.10 Å². The Morgan fingerprint density at radius 1 is 1.10 bits per heavy atom. The quantitative estimate of drug-likeness (QED) is 0.679. The van der Waals surface area contributed by atoms with E-state index in [0.717, 1.165) is 33.3 Å². The van der Waals surface area contributed by atoms with Crippen LogP contribution in [0.2, 0.25) is 0 Å². The number of ether oxygens (including phenoxy) is 1. The molecule has 4 heteroatoms. The smallest absolute Gasteiger partial charge is 0.148 e. The summed E-state index contributed by atoms with van der Waals surface area (Å²) in [6, 6.07) is 14.4. The van der Waals surface area contributed by atoms with Crippen LogP contribution in [0.15, 0.2) is 51.4 Å². The molecule has 0 amide bonds. The standard InChI is InChI=1S/C17H19Br2NO/c1-3-20-11-13-9-15(18)17(16(19)10-13)21-12(2)14-7-5-4-6-8-14/h4-10,12,20H,3,11H2,1-2H3. The van der Waals surface area contributed by atoms with Crippen molar-refractivity contribution in [2.75, 3.05) is 6.54 Å². The molecule has 2 nitrogen and oxygen atoms in total. The molecule has 2 rings (SSSR count). The second kappa shape index (κ2) is 7.97. The van der Waals surface area contributed by atoms with Gasteiger partial charge in [0, 0.05) is 6.54 Å². The van der Waals surface area contributed by atoms with Gasteiger partial charge in [-0.2, -0.15) is 0 Å². The van der Waals surface area contributed by atoms with Gasteiger partial charge in [0.25, 0.3) is 0 Å². The minimum absolute atomic E-state index is 0.00147. The van der Waals surface area contributed by atoms with E-state index in [9.17, 15) is 0 Å². The Hall–Kier alpha value is -0.840. The van der Waals surface area contributed by atoms with Crippen LogP contribution in [0.25, 0.3) is 0 Å². The van der Waals surface area contributed by atoms with Gasteiger partial charge in [0.05, 0.1) is 8.95 Å². The number of hydrogen-bond donors (Lipinski definition) is 1. The van der Waals surface area contributed by atoms with Gasteiger partial charge in [0.15, 0.2) is 0 Å². The average molecular weight is 413 g/mol. The van der Waals surface area contributed by atoms with Crippen molar-refractivity contribution in [3.8, 4) is 5.75 Å². The molecule has 1 N–H and O–H groups in total. The highest BCUT2D eigenvalue weighted by molar-refractivity contribution is 9.11. The van der Waals surface area contributed by atoms with Crippen molar-refractivity contribution in [2.45, 2.75) is 26.5 Å². The Kier molecular flexibility index (Phi) is 6.27. The lowest BCUT2D eigenvalue weighted by Gasteiger charge is -2.18. The predicted molar refractivity (Wildman–Crippen MR) is 94.7 cm³/mol. The van der Waals surface area contributed by atoms with E-state index in [2.05, 4.69) is 75.3 Å². The molecule has 2 aromatic carbocycles. The molecule has 0 aliphatic rings. The molecule has 1 atom stereocenters. The van der Waals surface area contributed by atoms with Crippen LogP contribution in [0.4, 0.5) is 0 Å². The second-order valence-corrected chi connectivity index (χ2v) is 6.55. The van der Waals surface area contributed by atoms with Crippen LogP contribution in [-0.2, 0) is 6.54 Å². The third-order valence-corrected chi connectivity index (χ3v) is 4.38. The van der Waals surface area contributed by atoms with Gasteiger partial charge < -0.3 is 10.1 Å². The van der Waals surface area contributed by atoms with E-state index >= 15 is 0 Å². The van der Waals surface area contributed by atoms with Crippen LogP contribution in [-0.4, -0.2) is 6.54 Å². The summed E-state index contributed by atoms with van der Waals surface area (Å²) >= 11 is 7.22. The Morgan fingerprint density at radius 2 is 1.71 bits per heavy atom. The fourth-order valence-electron chi connectivity index (χ4n) is 2.07. The molecule has 0 radical (unpaired) electrons. The van der Waals surface area contributed by atoms with E-state index in [1.54, 1.807) is 0 Å². The Morgan fingerprint density at radius 3 is 2.29 bits per heavy atom. The third kappa shape index (κ3) is 4.56. The molecule has 0 bridgehead atoms. The van der Waals surface area contributed by atoms with Crippen LogP contribution in [0, 0.1) is 0 Å². The predicted octanol–water partition coefficient (Wildman–Crippen LogP) is 5.46. The van der Waals surface area contributed by atoms with Crippen LogP contribution >= 0.6 is 31.9 Å². The summed E-state index contributed by atoms with van der Waals surface area (Å²) in [5.41, 5.74) is 2.38. The summed E-state index contributed by atoms with van der Waals surface area (Å²) in [7, 11) is 0. The highest BCUT2D eigenvalue weighted by Crippen LogP contribution is 2.37. The monoisotopic (exact) mass is 411 g/mol. The number of halogens is 2. The fourth-order valence-corrected chi connectivity index (χ4v) is 3.53. The van der Waals surface area contributed by atoms with Gasteiger partial charge in [0.1, 0.15) is 11.9 Å². The third-order valence-electron chi connectivity index (χ3n) is 3.20. The molecule has 1 unspecified atom stereocenters. The van der Waals surface area contributed by atoms with E-state index in [1.807, 2.05) is 18.2 Å². The Labute approximate surface area is 143 Å². The van der Waals surface area contributed by atoms with Crippen molar-refractivity contribution in [3.05, 3.63) is 62.5 Å². The van der Waals surface area contributed by atoms with Gasteiger partial charge in [-0.3, -0.25) is 0 Å². The van der Waals surface area contributed by atoms with Crippen LogP contribution in [0.5, 0.6) is 5.75 Å². The normalized spacial score (nSPS) is 12.2. The van der Waals surface area contributed by atoms with Crippen molar-refractivity contribution in [1.82, 2.24) is 5.32 Å². The highest BCUT2D eigenvalue weighted by atomic mass is 79.9. The molecule has 2 aromatic rings. The Bertz CT molecular complexity index is 564. The summed E-state index contributed by atoms with van der Waals surface area (Å²) in [5, 5.41) is 3.32. The van der Waals surface area contributed by atoms with E-state index in [1.165, 1.54) is 5.56 Å². The zero-order valence-corrected chi connectivity index (χ0v) is 15.4. The van der Waals surface area contributed by atoms with Crippen molar-refractivity contribution < 1.29 is 4.74 Å². The first-order valence-corrected chi connectivity index (χ1v) is 8.60. The lowest BCUT2D eigenvalue weighted by Crippen LogP contribution is -2.12. The molecule has 0 fully saturated rings. The lowest BCUT2D eigenvalue weighted by atomic mass is 10.1. The lowest BCUT2D eigenvalue weighted by molar-refractivity contribution is 0.224. The highest BCUT2D eigenvalue weighted by Gasteiger charge is 2.13. The molecule has 0 saturated carbocycles. The van der Waals surface area contributed by atoms with Gasteiger partial charge in [-0.05, 0) is 68.6 Å². The van der Waals surface area contributed by atoms with Crippen molar-refractivity contribution in [1.29, 1.82) is 0 Å². The minimum atomic E-state index is -0.00147. The number of benzene rings is 2. The second-order valence-electron chi connectivity index (χ2n) is 4.84. The summed E-state index contributed by atoms with van der Waals surface area (Å²) in [6.07, 6.45) is -0.00147. The molecule has 0 saturated heterocycles. The number of hydrogen-bond acceptors (Lipinski definition) is 2. The zero-order chi connectivity index (χ0) is 15.2. The molecular weight excluding hydrogens is 394 g/mol. The summed E-state index contributed by atoms with van der Waals surface area (Å²) in [6.45, 7) is 5.96. The molecule has 112 valence electrons. The van der Waals surface area contributed by atoms with E-state index in [4.69, 9.17) is 4.74 Å². The van der Waals surface area contributed by atoms with Crippen LogP contribution in [0.3, 0.4) is 0 Å². The van der Waals surface area contributed by atoms with Gasteiger partial charge in [-0.15, -0.1) is 0 Å². The molecule has 0 aromatic heterocycles. The maximum atomic E-state index is 6.11.